The van der Waals surface area contributed by atoms with Crippen molar-refractivity contribution in [3.63, 3.8) is 0 Å². The minimum atomic E-state index is -0.579. The van der Waals surface area contributed by atoms with Crippen molar-refractivity contribution in [1.82, 2.24) is 4.98 Å². The first-order valence-electron chi connectivity index (χ1n) is 7.96. The number of para-hydroxylation sites is 1. The Morgan fingerprint density at radius 2 is 1.96 bits per heavy atom. The maximum absolute atomic E-state index is 11.5. The van der Waals surface area contributed by atoms with Crippen molar-refractivity contribution in [2.45, 2.75) is 0 Å². The Morgan fingerprint density at radius 3 is 2.61 bits per heavy atom. The smallest absolute Gasteiger partial charge is 0.269 e. The predicted octanol–water partition coefficient (Wildman–Crippen LogP) is 3.79. The van der Waals surface area contributed by atoms with E-state index in [0.717, 1.165) is 0 Å². The third-order valence-corrected chi connectivity index (χ3v) is 4.67. The van der Waals surface area contributed by atoms with Crippen LogP contribution in [-0.4, -0.2) is 15.8 Å². The number of nitrogens with one attached hydrogen (secondary N) is 1. The van der Waals surface area contributed by atoms with E-state index in [9.17, 15) is 20.2 Å². The van der Waals surface area contributed by atoms with Crippen LogP contribution >= 0.6 is 11.3 Å². The lowest BCUT2D eigenvalue weighted by Crippen LogP contribution is -2.13. The first-order valence-corrected chi connectivity index (χ1v) is 8.84. The van der Waals surface area contributed by atoms with Crippen LogP contribution in [0.2, 0.25) is 0 Å². The fourth-order valence-electron chi connectivity index (χ4n) is 2.40. The minimum absolute atomic E-state index is 0.00544. The number of primary amides is 1. The van der Waals surface area contributed by atoms with Gasteiger partial charge >= 0.3 is 0 Å². The first kappa shape index (κ1) is 18.8. The number of amides is 1. The van der Waals surface area contributed by atoms with Crippen LogP contribution in [0.15, 0.2) is 60.1 Å². The molecule has 3 N–H and O–H groups in total. The van der Waals surface area contributed by atoms with Gasteiger partial charge in [0.15, 0.2) is 0 Å². The zero-order valence-electron chi connectivity index (χ0n) is 14.3. The topological polar surface area (TPSA) is 135 Å². The van der Waals surface area contributed by atoms with Crippen LogP contribution in [0, 0.1) is 21.4 Å². The second-order valence-corrected chi connectivity index (χ2v) is 6.42. The van der Waals surface area contributed by atoms with Crippen LogP contribution in [0.3, 0.4) is 0 Å². The summed E-state index contributed by atoms with van der Waals surface area (Å²) in [5.41, 5.74) is 7.71. The molecule has 0 bridgehead atoms. The van der Waals surface area contributed by atoms with Crippen molar-refractivity contribution in [3.05, 3.63) is 80.8 Å². The lowest BCUT2D eigenvalue weighted by atomic mass is 10.1. The largest absolute Gasteiger partial charge is 0.366 e. The number of nitriles is 1. The minimum Gasteiger partial charge on any atom is -0.366 e. The van der Waals surface area contributed by atoms with Crippen molar-refractivity contribution in [1.29, 1.82) is 5.26 Å². The van der Waals surface area contributed by atoms with Crippen molar-refractivity contribution in [2.24, 2.45) is 5.73 Å². The summed E-state index contributed by atoms with van der Waals surface area (Å²) < 4.78 is 0. The van der Waals surface area contributed by atoms with Gasteiger partial charge in [0.2, 0.25) is 0 Å². The van der Waals surface area contributed by atoms with E-state index in [0.29, 0.717) is 27.5 Å². The molecular weight excluding hydrogens is 378 g/mol. The number of rotatable bonds is 6. The molecule has 0 saturated heterocycles. The number of carbonyl (C=O) groups excluding carboxylic acids is 1. The molecule has 28 heavy (non-hydrogen) atoms. The van der Waals surface area contributed by atoms with Crippen molar-refractivity contribution < 1.29 is 9.72 Å². The molecule has 0 aliphatic carbocycles. The molecule has 0 radical (unpaired) electrons. The summed E-state index contributed by atoms with van der Waals surface area (Å²) in [5.74, 6) is -0.579. The standard InChI is InChI=1S/C19H13N5O3S/c20-9-13(10-22-16-4-2-1-3-15(16)18(21)25)19-23-17(11-28-19)12-5-7-14(8-6-12)24(26)27/h1-8,10-11,22H,(H2,21,25)/b13-10-. The van der Waals surface area contributed by atoms with Gasteiger partial charge in [-0.3, -0.25) is 14.9 Å². The molecule has 0 atom stereocenters. The number of anilines is 1. The molecular formula is C19H13N5O3S. The van der Waals surface area contributed by atoms with E-state index in [4.69, 9.17) is 5.73 Å². The molecule has 138 valence electrons. The van der Waals surface area contributed by atoms with Crippen molar-refractivity contribution in [3.8, 4) is 17.3 Å². The van der Waals surface area contributed by atoms with Crippen molar-refractivity contribution in [2.75, 3.05) is 5.32 Å². The first-order chi connectivity index (χ1) is 13.5. The highest BCUT2D eigenvalue weighted by Gasteiger charge is 2.12. The van der Waals surface area contributed by atoms with E-state index in [1.165, 1.54) is 29.7 Å². The van der Waals surface area contributed by atoms with E-state index >= 15 is 0 Å². The molecule has 9 heteroatoms. The number of hydrogen-bond acceptors (Lipinski definition) is 7. The number of nitrogens with two attached hydrogens (primary N) is 1. The van der Waals surface area contributed by atoms with Gasteiger partial charge in [-0.15, -0.1) is 11.3 Å². The van der Waals surface area contributed by atoms with Gasteiger partial charge < -0.3 is 11.1 Å². The van der Waals surface area contributed by atoms with E-state index < -0.39 is 10.8 Å². The van der Waals surface area contributed by atoms with Crippen molar-refractivity contribution >= 4 is 34.2 Å². The highest BCUT2D eigenvalue weighted by Crippen LogP contribution is 2.27. The highest BCUT2D eigenvalue weighted by molar-refractivity contribution is 7.11. The molecule has 3 rings (SSSR count). The number of aromatic nitrogens is 1. The molecule has 3 aromatic rings. The number of nitro groups is 1. The summed E-state index contributed by atoms with van der Waals surface area (Å²) in [6.07, 6.45) is 1.46. The number of nitrogens with zero attached hydrogens (tertiary/aromatic N) is 3. The highest BCUT2D eigenvalue weighted by atomic mass is 32.1. The number of hydrogen-bond donors (Lipinski definition) is 2. The molecule has 1 amide bonds. The molecule has 0 unspecified atom stereocenters. The molecule has 8 nitrogen and oxygen atoms in total. The third-order valence-electron chi connectivity index (χ3n) is 3.79. The summed E-state index contributed by atoms with van der Waals surface area (Å²) >= 11 is 1.27. The zero-order chi connectivity index (χ0) is 20.1. The molecule has 0 spiro atoms. The summed E-state index contributed by atoms with van der Waals surface area (Å²) in [7, 11) is 0. The summed E-state index contributed by atoms with van der Waals surface area (Å²) in [4.78, 5) is 26.2. The molecule has 1 heterocycles. The van der Waals surface area contributed by atoms with Crippen LogP contribution in [-0.2, 0) is 0 Å². The van der Waals surface area contributed by atoms with E-state index in [-0.39, 0.29) is 11.3 Å². The monoisotopic (exact) mass is 391 g/mol. The Balaban J connectivity index is 1.84. The van der Waals surface area contributed by atoms with Crippen LogP contribution in [0.5, 0.6) is 0 Å². The molecule has 0 fully saturated rings. The van der Waals surface area contributed by atoms with Crippen LogP contribution in [0.25, 0.3) is 16.8 Å². The average molecular weight is 391 g/mol. The number of allylic oxidation sites excluding steroid dienone is 1. The molecule has 1 aromatic heterocycles. The van der Waals surface area contributed by atoms with Gasteiger partial charge in [-0.25, -0.2) is 4.98 Å². The maximum atomic E-state index is 11.5. The second-order valence-electron chi connectivity index (χ2n) is 5.57. The number of nitro benzene ring substituents is 1. The number of carbonyl (C=O) groups is 1. The molecule has 2 aromatic carbocycles. The zero-order valence-corrected chi connectivity index (χ0v) is 15.1. The normalized spacial score (nSPS) is 10.9. The lowest BCUT2D eigenvalue weighted by molar-refractivity contribution is -0.384. The second kappa shape index (κ2) is 8.11. The number of thiazole rings is 1. The Kier molecular flexibility index (Phi) is 5.43. The van der Waals surface area contributed by atoms with Gasteiger partial charge in [-0.05, 0) is 24.3 Å². The lowest BCUT2D eigenvalue weighted by Gasteiger charge is -2.06. The Bertz CT molecular complexity index is 1110. The van der Waals surface area contributed by atoms with Crippen LogP contribution in [0.4, 0.5) is 11.4 Å². The van der Waals surface area contributed by atoms with Gasteiger partial charge in [-0.2, -0.15) is 5.26 Å². The molecule has 0 aliphatic heterocycles. The third kappa shape index (κ3) is 4.03. The molecule has 0 saturated carbocycles. The predicted molar refractivity (Wildman–Crippen MR) is 106 cm³/mol. The van der Waals surface area contributed by atoms with E-state index in [1.807, 2.05) is 0 Å². The fourth-order valence-corrected chi connectivity index (χ4v) is 3.19. The SMILES string of the molecule is N#C/C(=C/Nc1ccccc1C(N)=O)c1nc(-c2ccc([N+](=O)[O-])cc2)cs1. The summed E-state index contributed by atoms with van der Waals surface area (Å²) in [6, 6.07) is 14.8. The summed E-state index contributed by atoms with van der Waals surface area (Å²) in [5, 5.41) is 25.4. The summed E-state index contributed by atoms with van der Waals surface area (Å²) in [6.45, 7) is 0. The van der Waals surface area contributed by atoms with Crippen LogP contribution in [0.1, 0.15) is 15.4 Å². The van der Waals surface area contributed by atoms with Gasteiger partial charge in [0.25, 0.3) is 11.6 Å². The average Bonchev–Trinajstić information content (AvgIpc) is 3.19. The quantitative estimate of drug-likeness (QED) is 0.373. The Labute approximate surface area is 163 Å². The maximum Gasteiger partial charge on any atom is 0.269 e. The number of benzene rings is 2. The van der Waals surface area contributed by atoms with Gasteiger partial charge in [0.05, 0.1) is 21.9 Å². The van der Waals surface area contributed by atoms with E-state index in [1.54, 1.807) is 41.8 Å². The van der Waals surface area contributed by atoms with Crippen LogP contribution < -0.4 is 11.1 Å². The van der Waals surface area contributed by atoms with Gasteiger partial charge in [0, 0.05) is 29.3 Å². The Morgan fingerprint density at radius 1 is 1.25 bits per heavy atom. The number of non-ortho nitro benzene ring substituents is 1. The van der Waals surface area contributed by atoms with Gasteiger partial charge in [0.1, 0.15) is 16.6 Å². The van der Waals surface area contributed by atoms with Gasteiger partial charge in [-0.1, -0.05) is 12.1 Å². The van der Waals surface area contributed by atoms with E-state index in [2.05, 4.69) is 16.4 Å². The Hall–Kier alpha value is -4.03. The molecule has 0 aliphatic rings. The fraction of sp³-hybridized carbons (Fsp3) is 0.